The van der Waals surface area contributed by atoms with Crippen molar-refractivity contribution in [3.8, 4) is 17.8 Å². The Morgan fingerprint density at radius 3 is 2.74 bits per heavy atom. The van der Waals surface area contributed by atoms with Crippen LogP contribution in [0.4, 0.5) is 10.1 Å². The van der Waals surface area contributed by atoms with Crippen LogP contribution in [0.1, 0.15) is 0 Å². The lowest BCUT2D eigenvalue weighted by Crippen LogP contribution is -1.99. The minimum atomic E-state index is -0.501. The van der Waals surface area contributed by atoms with Gasteiger partial charge in [-0.2, -0.15) is 15.6 Å². The molecular weight excluding hydrogens is 247 g/mol. The van der Waals surface area contributed by atoms with E-state index in [-0.39, 0.29) is 11.3 Å². The molecule has 0 saturated carbocycles. The molecule has 19 heavy (non-hydrogen) atoms. The molecule has 2 rings (SSSR count). The zero-order chi connectivity index (χ0) is 13.7. The van der Waals surface area contributed by atoms with E-state index in [4.69, 9.17) is 10.5 Å². The average molecular weight is 254 g/mol. The average Bonchev–Trinajstić information content (AvgIpc) is 2.94. The van der Waals surface area contributed by atoms with Gasteiger partial charge in [0.1, 0.15) is 36.1 Å². The van der Waals surface area contributed by atoms with Crippen LogP contribution >= 0.6 is 0 Å². The van der Waals surface area contributed by atoms with Gasteiger partial charge >= 0.3 is 0 Å². The standard InChI is InChI=1S/C12H7FN6/c13-11-3-10(17-6-9(4-14)5-15)1-2-12(11)19-8-16-7-18-19/h1-3,6-8,17H. The monoisotopic (exact) mass is 254 g/mol. The molecule has 7 heteroatoms. The summed E-state index contributed by atoms with van der Waals surface area (Å²) in [7, 11) is 0. The first-order chi connectivity index (χ1) is 9.24. The van der Waals surface area contributed by atoms with Crippen molar-refractivity contribution in [1.82, 2.24) is 14.8 Å². The highest BCUT2D eigenvalue weighted by Gasteiger charge is 2.05. The number of allylic oxidation sites excluding steroid dienone is 1. The second kappa shape index (κ2) is 5.43. The Morgan fingerprint density at radius 2 is 2.16 bits per heavy atom. The molecule has 0 aliphatic heterocycles. The lowest BCUT2D eigenvalue weighted by molar-refractivity contribution is 0.611. The van der Waals surface area contributed by atoms with Crippen molar-refractivity contribution in [3.05, 3.63) is 48.4 Å². The van der Waals surface area contributed by atoms with Crippen LogP contribution in [-0.2, 0) is 0 Å². The van der Waals surface area contributed by atoms with Gasteiger partial charge in [-0.1, -0.05) is 0 Å². The summed E-state index contributed by atoms with van der Waals surface area (Å²) in [6.45, 7) is 0. The number of hydrogen-bond donors (Lipinski definition) is 1. The molecule has 1 heterocycles. The summed E-state index contributed by atoms with van der Waals surface area (Å²) in [4.78, 5) is 3.73. The Hall–Kier alpha value is -3.19. The van der Waals surface area contributed by atoms with Crippen LogP contribution in [0, 0.1) is 28.5 Å². The first-order valence-corrected chi connectivity index (χ1v) is 5.16. The van der Waals surface area contributed by atoms with Gasteiger partial charge in [-0.25, -0.2) is 14.1 Å². The van der Waals surface area contributed by atoms with E-state index >= 15 is 0 Å². The van der Waals surface area contributed by atoms with Gasteiger partial charge in [0.2, 0.25) is 0 Å². The normalized spacial score (nSPS) is 9.21. The minimum Gasteiger partial charge on any atom is -0.360 e. The second-order valence-electron chi connectivity index (χ2n) is 3.43. The Morgan fingerprint density at radius 1 is 1.37 bits per heavy atom. The molecule has 0 radical (unpaired) electrons. The van der Waals surface area contributed by atoms with E-state index in [0.717, 1.165) is 0 Å². The number of nitrogens with one attached hydrogen (secondary N) is 1. The fourth-order valence-corrected chi connectivity index (χ4v) is 1.36. The number of rotatable bonds is 3. The van der Waals surface area contributed by atoms with Crippen molar-refractivity contribution >= 4 is 5.69 Å². The summed E-state index contributed by atoms with van der Waals surface area (Å²) in [5.41, 5.74) is 0.581. The van der Waals surface area contributed by atoms with Crippen molar-refractivity contribution in [1.29, 1.82) is 10.5 Å². The molecule has 0 aliphatic rings. The fourth-order valence-electron chi connectivity index (χ4n) is 1.36. The smallest absolute Gasteiger partial charge is 0.150 e. The van der Waals surface area contributed by atoms with Crippen molar-refractivity contribution < 1.29 is 4.39 Å². The predicted octanol–water partition coefficient (Wildman–Crippen LogP) is 1.75. The van der Waals surface area contributed by atoms with Gasteiger partial charge in [0.05, 0.1) is 0 Å². The van der Waals surface area contributed by atoms with E-state index in [2.05, 4.69) is 15.4 Å². The summed E-state index contributed by atoms with van der Waals surface area (Å²) in [5, 5.41) is 23.6. The summed E-state index contributed by atoms with van der Waals surface area (Å²) in [5.74, 6) is -0.501. The highest BCUT2D eigenvalue weighted by molar-refractivity contribution is 5.53. The van der Waals surface area contributed by atoms with E-state index in [9.17, 15) is 4.39 Å². The van der Waals surface area contributed by atoms with Crippen LogP contribution in [0.5, 0.6) is 0 Å². The number of anilines is 1. The van der Waals surface area contributed by atoms with E-state index in [1.807, 2.05) is 0 Å². The van der Waals surface area contributed by atoms with Gasteiger partial charge in [0.15, 0.2) is 5.82 Å². The lowest BCUT2D eigenvalue weighted by Gasteiger charge is -2.05. The molecular formula is C12H7FN6. The Balaban J connectivity index is 2.24. The molecule has 0 saturated heterocycles. The highest BCUT2D eigenvalue weighted by Crippen LogP contribution is 2.17. The quantitative estimate of drug-likeness (QED) is 0.842. The molecule has 1 N–H and O–H groups in total. The van der Waals surface area contributed by atoms with Gasteiger partial charge in [0.25, 0.3) is 0 Å². The molecule has 0 fully saturated rings. The first kappa shape index (κ1) is 12.3. The summed E-state index contributed by atoms with van der Waals surface area (Å²) < 4.78 is 15.1. The Kier molecular flexibility index (Phi) is 3.51. The SMILES string of the molecule is N#CC(C#N)=CNc1ccc(-n2cncn2)c(F)c1. The number of halogens is 1. The number of nitriles is 2. The summed E-state index contributed by atoms with van der Waals surface area (Å²) in [6.07, 6.45) is 3.90. The van der Waals surface area contributed by atoms with Gasteiger partial charge in [-0.15, -0.1) is 0 Å². The zero-order valence-corrected chi connectivity index (χ0v) is 9.58. The van der Waals surface area contributed by atoms with Crippen molar-refractivity contribution in [2.45, 2.75) is 0 Å². The predicted molar refractivity (Wildman–Crippen MR) is 64.2 cm³/mol. The van der Waals surface area contributed by atoms with Crippen LogP contribution < -0.4 is 5.32 Å². The van der Waals surface area contributed by atoms with Crippen LogP contribution in [0.2, 0.25) is 0 Å². The van der Waals surface area contributed by atoms with Crippen LogP contribution in [0.3, 0.4) is 0 Å². The molecule has 1 aromatic carbocycles. The molecule has 6 nitrogen and oxygen atoms in total. The fraction of sp³-hybridized carbons (Fsp3) is 0. The lowest BCUT2D eigenvalue weighted by atomic mass is 10.2. The molecule has 1 aromatic heterocycles. The van der Waals surface area contributed by atoms with E-state index in [1.165, 1.54) is 35.7 Å². The van der Waals surface area contributed by atoms with Crippen LogP contribution in [0.15, 0.2) is 42.6 Å². The van der Waals surface area contributed by atoms with Gasteiger partial charge in [-0.05, 0) is 18.2 Å². The third-order valence-electron chi connectivity index (χ3n) is 2.24. The molecule has 0 spiro atoms. The highest BCUT2D eigenvalue weighted by atomic mass is 19.1. The first-order valence-electron chi connectivity index (χ1n) is 5.16. The number of aromatic nitrogens is 3. The van der Waals surface area contributed by atoms with Gasteiger partial charge in [-0.3, -0.25) is 0 Å². The van der Waals surface area contributed by atoms with Crippen LogP contribution in [0.25, 0.3) is 5.69 Å². The third-order valence-corrected chi connectivity index (χ3v) is 2.24. The Bertz CT molecular complexity index is 674. The van der Waals surface area contributed by atoms with E-state index in [0.29, 0.717) is 5.69 Å². The molecule has 2 aromatic rings. The summed E-state index contributed by atoms with van der Waals surface area (Å²) >= 11 is 0. The number of hydrogen-bond acceptors (Lipinski definition) is 5. The maximum Gasteiger partial charge on any atom is 0.150 e. The molecule has 0 amide bonds. The maximum absolute atomic E-state index is 13.8. The second-order valence-corrected chi connectivity index (χ2v) is 3.43. The largest absolute Gasteiger partial charge is 0.360 e. The van der Waals surface area contributed by atoms with Crippen molar-refractivity contribution in [2.24, 2.45) is 0 Å². The van der Waals surface area contributed by atoms with E-state index in [1.54, 1.807) is 18.2 Å². The molecule has 92 valence electrons. The van der Waals surface area contributed by atoms with Gasteiger partial charge in [0, 0.05) is 11.9 Å². The Labute approximate surface area is 108 Å². The van der Waals surface area contributed by atoms with E-state index < -0.39 is 5.82 Å². The third kappa shape index (κ3) is 2.73. The van der Waals surface area contributed by atoms with Crippen molar-refractivity contribution in [2.75, 3.05) is 5.32 Å². The van der Waals surface area contributed by atoms with Crippen LogP contribution in [-0.4, -0.2) is 14.8 Å². The number of benzene rings is 1. The van der Waals surface area contributed by atoms with Gasteiger partial charge < -0.3 is 5.32 Å². The van der Waals surface area contributed by atoms with Crippen molar-refractivity contribution in [3.63, 3.8) is 0 Å². The minimum absolute atomic E-state index is 0.0965. The number of nitrogens with zero attached hydrogens (tertiary/aromatic N) is 5. The molecule has 0 atom stereocenters. The topological polar surface area (TPSA) is 90.3 Å². The molecule has 0 bridgehead atoms. The zero-order valence-electron chi connectivity index (χ0n) is 9.58. The molecule has 0 unspecified atom stereocenters. The summed E-state index contributed by atoms with van der Waals surface area (Å²) in [6, 6.07) is 7.73. The maximum atomic E-state index is 13.8. The molecule has 0 aliphatic carbocycles.